The fraction of sp³-hybridized carbons (Fsp3) is 0.500. The summed E-state index contributed by atoms with van der Waals surface area (Å²) in [5, 5.41) is 33.0. The van der Waals surface area contributed by atoms with Crippen LogP contribution in [0.15, 0.2) is 54.6 Å². The highest BCUT2D eigenvalue weighted by atomic mass is 28.3. The Morgan fingerprint density at radius 2 is 1.11 bits per heavy atom. The summed E-state index contributed by atoms with van der Waals surface area (Å²) in [6, 6.07) is 15.4. The molecule has 0 spiro atoms. The molecule has 13 heteroatoms. The van der Waals surface area contributed by atoms with E-state index in [2.05, 4.69) is 38.2 Å². The smallest absolute Gasteiger partial charge is 0.408 e. The molecule has 12 nitrogen and oxygen atoms in total. The lowest BCUT2D eigenvalue weighted by Gasteiger charge is -2.24. The average molecular weight is 648 g/mol. The van der Waals surface area contributed by atoms with Gasteiger partial charge in [0.1, 0.15) is 11.2 Å². The van der Waals surface area contributed by atoms with E-state index in [1.165, 1.54) is 5.56 Å². The SMILES string of the molecule is CC(C)(C)OC(=O)N[C@H](CO)C(=O)O.CC(C)(C)OC(=O)N[C@H](CO[Si](c1ccccc1)c1ccc(C(C)(C)C)cc1)C(=O)O. The molecule has 45 heavy (non-hydrogen) atoms. The lowest BCUT2D eigenvalue weighted by molar-refractivity contribution is -0.141. The van der Waals surface area contributed by atoms with Gasteiger partial charge in [0.05, 0.1) is 13.2 Å². The van der Waals surface area contributed by atoms with Crippen molar-refractivity contribution in [3.63, 3.8) is 0 Å². The third kappa shape index (κ3) is 15.6. The molecule has 2 rings (SSSR count). The molecular weight excluding hydrogens is 600 g/mol. The second kappa shape index (κ2) is 16.9. The van der Waals surface area contributed by atoms with Crippen LogP contribution >= 0.6 is 0 Å². The number of carbonyl (C=O) groups is 4. The Balaban J connectivity index is 0.000000609. The fourth-order valence-corrected chi connectivity index (χ4v) is 5.44. The second-order valence-electron chi connectivity index (χ2n) is 13.1. The summed E-state index contributed by atoms with van der Waals surface area (Å²) in [6.45, 7) is 15.7. The van der Waals surface area contributed by atoms with E-state index in [9.17, 15) is 24.3 Å². The standard InChI is InChI=1S/C24H32NO5Si.C8H15NO5/c1-23(2,3)17-12-14-19(15-13-17)31(18-10-8-7-9-11-18)29-16-20(21(26)27)25-22(28)30-24(4,5)6;1-8(2,3)14-7(13)9-5(4-10)6(11)12/h7-15,20H,16H2,1-6H3,(H,25,28)(H,26,27);5,10H,4H2,1-3H3,(H,9,13)(H,11,12)/t20-;5-/m11/s1. The predicted octanol–water partition coefficient (Wildman–Crippen LogP) is 3.04. The molecule has 1 radical (unpaired) electrons. The van der Waals surface area contributed by atoms with E-state index >= 15 is 0 Å². The van der Waals surface area contributed by atoms with Crippen molar-refractivity contribution in [2.75, 3.05) is 13.2 Å². The first-order valence-corrected chi connectivity index (χ1v) is 15.8. The van der Waals surface area contributed by atoms with Crippen molar-refractivity contribution in [2.45, 2.75) is 91.0 Å². The number of ether oxygens (including phenoxy) is 2. The number of benzene rings is 2. The molecule has 0 fully saturated rings. The van der Waals surface area contributed by atoms with Crippen molar-refractivity contribution in [1.29, 1.82) is 0 Å². The predicted molar refractivity (Wildman–Crippen MR) is 171 cm³/mol. The van der Waals surface area contributed by atoms with Crippen LogP contribution in [0.2, 0.25) is 0 Å². The molecule has 0 bridgehead atoms. The van der Waals surface area contributed by atoms with Crippen LogP contribution in [0.25, 0.3) is 0 Å². The zero-order valence-corrected chi connectivity index (χ0v) is 28.5. The quantitative estimate of drug-likeness (QED) is 0.241. The Hall–Kier alpha value is -3.94. The maximum atomic E-state index is 12.0. The van der Waals surface area contributed by atoms with Crippen LogP contribution in [-0.2, 0) is 28.9 Å². The highest BCUT2D eigenvalue weighted by Gasteiger charge is 2.28. The summed E-state index contributed by atoms with van der Waals surface area (Å²) in [5.41, 5.74) is -0.171. The van der Waals surface area contributed by atoms with Crippen molar-refractivity contribution >= 4 is 43.5 Å². The van der Waals surface area contributed by atoms with Gasteiger partial charge in [-0.3, -0.25) is 0 Å². The van der Waals surface area contributed by atoms with Gasteiger partial charge in [-0.1, -0.05) is 75.4 Å². The van der Waals surface area contributed by atoms with Crippen LogP contribution < -0.4 is 21.0 Å². The van der Waals surface area contributed by atoms with E-state index in [1.807, 2.05) is 47.8 Å². The molecule has 0 aliphatic carbocycles. The van der Waals surface area contributed by atoms with E-state index in [1.54, 1.807) is 41.5 Å². The van der Waals surface area contributed by atoms with Gasteiger partial charge < -0.3 is 39.9 Å². The van der Waals surface area contributed by atoms with Gasteiger partial charge in [-0.15, -0.1) is 0 Å². The Morgan fingerprint density at radius 1 is 0.689 bits per heavy atom. The van der Waals surface area contributed by atoms with Crippen LogP contribution in [0.5, 0.6) is 0 Å². The Morgan fingerprint density at radius 3 is 1.49 bits per heavy atom. The highest BCUT2D eigenvalue weighted by molar-refractivity contribution is 6.80. The van der Waals surface area contributed by atoms with E-state index in [0.29, 0.717) is 0 Å². The molecule has 0 aliphatic heterocycles. The number of hydrogen-bond acceptors (Lipinski definition) is 8. The topological polar surface area (TPSA) is 181 Å². The number of rotatable bonds is 10. The van der Waals surface area contributed by atoms with Gasteiger partial charge in [-0.2, -0.15) is 0 Å². The first kappa shape index (κ1) is 39.1. The summed E-state index contributed by atoms with van der Waals surface area (Å²) in [6.07, 6.45) is -1.65. The molecule has 2 atom stereocenters. The molecule has 0 saturated heterocycles. The molecule has 2 amide bonds. The number of alkyl carbamates (subject to hydrolysis) is 2. The minimum atomic E-state index is -1.71. The second-order valence-corrected chi connectivity index (χ2v) is 15.2. The average Bonchev–Trinajstić information content (AvgIpc) is 2.89. The highest BCUT2D eigenvalue weighted by Crippen LogP contribution is 2.20. The van der Waals surface area contributed by atoms with Crippen LogP contribution in [0.1, 0.15) is 67.9 Å². The molecule has 0 aromatic heterocycles. The molecule has 249 valence electrons. The van der Waals surface area contributed by atoms with Crippen LogP contribution in [0, 0.1) is 0 Å². The van der Waals surface area contributed by atoms with Gasteiger partial charge in [0.15, 0.2) is 12.1 Å². The summed E-state index contributed by atoms with van der Waals surface area (Å²) in [4.78, 5) is 45.2. The molecule has 0 unspecified atom stereocenters. The van der Waals surface area contributed by atoms with Crippen molar-refractivity contribution in [1.82, 2.24) is 10.6 Å². The number of hydrogen-bond donors (Lipinski definition) is 5. The molecule has 2 aromatic carbocycles. The summed E-state index contributed by atoms with van der Waals surface area (Å²) in [7, 11) is -1.71. The van der Waals surface area contributed by atoms with E-state index in [4.69, 9.17) is 24.1 Å². The first-order valence-electron chi connectivity index (χ1n) is 14.3. The monoisotopic (exact) mass is 647 g/mol. The van der Waals surface area contributed by atoms with Crippen LogP contribution in [0.3, 0.4) is 0 Å². The van der Waals surface area contributed by atoms with Gasteiger partial charge in [0.25, 0.3) is 9.04 Å². The Labute approximate surface area is 266 Å². The normalized spacial score (nSPS) is 13.0. The molecule has 0 saturated carbocycles. The summed E-state index contributed by atoms with van der Waals surface area (Å²) < 4.78 is 16.1. The number of aliphatic hydroxyl groups excluding tert-OH is 1. The van der Waals surface area contributed by atoms with Gasteiger partial charge in [-0.25, -0.2) is 19.2 Å². The minimum Gasteiger partial charge on any atom is -0.480 e. The van der Waals surface area contributed by atoms with Gasteiger partial charge in [-0.05, 0) is 62.9 Å². The summed E-state index contributed by atoms with van der Waals surface area (Å²) in [5.74, 6) is -2.48. The van der Waals surface area contributed by atoms with Gasteiger partial charge >= 0.3 is 24.1 Å². The van der Waals surface area contributed by atoms with Crippen molar-refractivity contribution < 1.29 is 48.4 Å². The summed E-state index contributed by atoms with van der Waals surface area (Å²) >= 11 is 0. The third-order valence-corrected chi connectivity index (χ3v) is 7.77. The molecule has 0 heterocycles. The van der Waals surface area contributed by atoms with E-state index in [0.717, 1.165) is 10.4 Å². The number of carbonyl (C=O) groups excluding carboxylic acids is 2. The van der Waals surface area contributed by atoms with Crippen molar-refractivity contribution in [3.05, 3.63) is 60.2 Å². The molecule has 5 N–H and O–H groups in total. The van der Waals surface area contributed by atoms with E-state index < -0.39 is 63.1 Å². The van der Waals surface area contributed by atoms with Crippen LogP contribution in [0.4, 0.5) is 9.59 Å². The maximum Gasteiger partial charge on any atom is 0.408 e. The largest absolute Gasteiger partial charge is 0.480 e. The van der Waals surface area contributed by atoms with Crippen molar-refractivity contribution in [2.24, 2.45) is 0 Å². The number of carboxylic acids is 2. The zero-order valence-electron chi connectivity index (χ0n) is 27.5. The fourth-order valence-electron chi connectivity index (χ4n) is 3.47. The van der Waals surface area contributed by atoms with Gasteiger partial charge in [0, 0.05) is 0 Å². The Bertz CT molecular complexity index is 1250. The number of nitrogens with one attached hydrogen (secondary N) is 2. The zero-order chi connectivity index (χ0) is 34.6. The number of amides is 2. The molecular formula is C32H47N2O10Si. The number of carboxylic acid groups (broad SMARTS) is 2. The third-order valence-electron chi connectivity index (χ3n) is 5.60. The Kier molecular flexibility index (Phi) is 14.7. The lowest BCUT2D eigenvalue weighted by atomic mass is 9.87. The lowest BCUT2D eigenvalue weighted by Crippen LogP contribution is -2.51. The van der Waals surface area contributed by atoms with Crippen molar-refractivity contribution in [3.8, 4) is 0 Å². The van der Waals surface area contributed by atoms with Crippen LogP contribution in [-0.4, -0.2) is 85.0 Å². The first-order chi connectivity index (χ1) is 20.6. The number of aliphatic carboxylic acids is 2. The number of aliphatic hydroxyl groups is 1. The maximum absolute atomic E-state index is 12.0. The minimum absolute atomic E-state index is 0.0325. The van der Waals surface area contributed by atoms with Gasteiger partial charge in [0.2, 0.25) is 0 Å². The van der Waals surface area contributed by atoms with E-state index in [-0.39, 0.29) is 12.0 Å². The molecule has 2 aromatic rings. The molecule has 0 aliphatic rings.